The molecule has 0 heterocycles. The van der Waals surface area contributed by atoms with Crippen LogP contribution in [0, 0.1) is 19.8 Å². The van der Waals surface area contributed by atoms with Gasteiger partial charge in [0.1, 0.15) is 0 Å². The number of aryl methyl sites for hydroxylation is 1. The highest BCUT2D eigenvalue weighted by atomic mass is 16.1. The molecule has 0 aliphatic heterocycles. The summed E-state index contributed by atoms with van der Waals surface area (Å²) in [6.45, 7) is 8.18. The summed E-state index contributed by atoms with van der Waals surface area (Å²) in [5.74, 6) is 0.232. The largest absolute Gasteiger partial charge is 0.398 e. The average molecular weight is 262 g/mol. The van der Waals surface area contributed by atoms with Crippen LogP contribution in [-0.2, 0) is 4.79 Å². The molecule has 0 aromatic heterocycles. The van der Waals surface area contributed by atoms with Crippen LogP contribution in [0.5, 0.6) is 0 Å². The van der Waals surface area contributed by atoms with E-state index < -0.39 is 0 Å². The average Bonchev–Trinajstić information content (AvgIpc) is 2.38. The second-order valence-electron chi connectivity index (χ2n) is 5.24. The van der Waals surface area contributed by atoms with Crippen molar-refractivity contribution in [3.63, 3.8) is 0 Å². The van der Waals surface area contributed by atoms with Gasteiger partial charge in [0.15, 0.2) is 0 Å². The Balaban J connectivity index is 2.89. The lowest BCUT2D eigenvalue weighted by atomic mass is 9.96. The summed E-state index contributed by atoms with van der Waals surface area (Å²) in [5, 5.41) is 3.07. The Morgan fingerprint density at radius 3 is 2.32 bits per heavy atom. The minimum absolute atomic E-state index is 0.107. The monoisotopic (exact) mass is 262 g/mol. The van der Waals surface area contributed by atoms with E-state index in [0.717, 1.165) is 48.2 Å². The van der Waals surface area contributed by atoms with Crippen molar-refractivity contribution in [2.24, 2.45) is 5.92 Å². The lowest BCUT2D eigenvalue weighted by Gasteiger charge is -2.18. The summed E-state index contributed by atoms with van der Waals surface area (Å²) in [5.41, 5.74) is 9.53. The van der Waals surface area contributed by atoms with Gasteiger partial charge in [-0.05, 0) is 43.9 Å². The number of hydrogen-bond acceptors (Lipinski definition) is 2. The molecule has 1 rings (SSSR count). The van der Waals surface area contributed by atoms with Crippen molar-refractivity contribution >= 4 is 17.3 Å². The fraction of sp³-hybridized carbons (Fsp3) is 0.562. The van der Waals surface area contributed by atoms with Crippen LogP contribution in [-0.4, -0.2) is 5.91 Å². The van der Waals surface area contributed by atoms with E-state index in [1.54, 1.807) is 0 Å². The minimum atomic E-state index is 0.107. The lowest BCUT2D eigenvalue weighted by Crippen LogP contribution is -2.23. The number of nitrogen functional groups attached to an aromatic ring is 1. The van der Waals surface area contributed by atoms with Gasteiger partial charge < -0.3 is 11.1 Å². The van der Waals surface area contributed by atoms with Gasteiger partial charge in [-0.2, -0.15) is 0 Å². The first kappa shape index (κ1) is 15.5. The third-order valence-corrected chi connectivity index (χ3v) is 3.61. The number of nitrogens with two attached hydrogens (primary N) is 1. The Kier molecular flexibility index (Phi) is 5.87. The highest BCUT2D eigenvalue weighted by molar-refractivity contribution is 5.94. The summed E-state index contributed by atoms with van der Waals surface area (Å²) >= 11 is 0. The van der Waals surface area contributed by atoms with Gasteiger partial charge in [-0.25, -0.2) is 0 Å². The molecular formula is C16H26N2O. The van der Waals surface area contributed by atoms with Crippen molar-refractivity contribution in [2.45, 2.75) is 53.4 Å². The number of benzene rings is 1. The first-order chi connectivity index (χ1) is 9.01. The van der Waals surface area contributed by atoms with E-state index in [2.05, 4.69) is 19.2 Å². The Hall–Kier alpha value is -1.51. The molecule has 0 radical (unpaired) electrons. The summed E-state index contributed by atoms with van der Waals surface area (Å²) in [4.78, 5) is 12.4. The fourth-order valence-corrected chi connectivity index (χ4v) is 2.38. The summed E-state index contributed by atoms with van der Waals surface area (Å²) in [7, 11) is 0. The van der Waals surface area contributed by atoms with Gasteiger partial charge in [0.25, 0.3) is 0 Å². The zero-order valence-corrected chi connectivity index (χ0v) is 12.5. The quantitative estimate of drug-likeness (QED) is 0.760. The molecule has 0 saturated carbocycles. The van der Waals surface area contributed by atoms with Crippen LogP contribution in [0.2, 0.25) is 0 Å². The van der Waals surface area contributed by atoms with Crippen molar-refractivity contribution in [3.05, 3.63) is 23.3 Å². The molecule has 0 aliphatic rings. The van der Waals surface area contributed by atoms with E-state index in [9.17, 15) is 4.79 Å². The molecule has 1 aromatic carbocycles. The number of rotatable bonds is 6. The minimum Gasteiger partial charge on any atom is -0.398 e. The maximum absolute atomic E-state index is 12.4. The van der Waals surface area contributed by atoms with E-state index >= 15 is 0 Å². The Labute approximate surface area is 116 Å². The number of carbonyl (C=O) groups is 1. The normalized spacial score (nSPS) is 10.8. The topological polar surface area (TPSA) is 55.1 Å². The predicted octanol–water partition coefficient (Wildman–Crippen LogP) is 4.04. The molecule has 3 N–H and O–H groups in total. The molecule has 0 bridgehead atoms. The Morgan fingerprint density at radius 1 is 1.21 bits per heavy atom. The molecule has 3 nitrogen and oxygen atoms in total. The first-order valence-corrected chi connectivity index (χ1v) is 7.17. The SMILES string of the molecule is CCCC(CCC)C(=O)Nc1c(C)ccc(N)c1C. The van der Waals surface area contributed by atoms with E-state index in [1.807, 2.05) is 26.0 Å². The Morgan fingerprint density at radius 2 is 1.79 bits per heavy atom. The van der Waals surface area contributed by atoms with Crippen LogP contribution in [0.15, 0.2) is 12.1 Å². The fourth-order valence-electron chi connectivity index (χ4n) is 2.38. The van der Waals surface area contributed by atoms with Crippen LogP contribution < -0.4 is 11.1 Å². The zero-order valence-electron chi connectivity index (χ0n) is 12.5. The highest BCUT2D eigenvalue weighted by Crippen LogP contribution is 2.26. The molecule has 0 aliphatic carbocycles. The van der Waals surface area contributed by atoms with E-state index in [1.165, 1.54) is 0 Å². The van der Waals surface area contributed by atoms with E-state index in [0.29, 0.717) is 0 Å². The van der Waals surface area contributed by atoms with Gasteiger partial charge in [-0.15, -0.1) is 0 Å². The number of anilines is 2. The highest BCUT2D eigenvalue weighted by Gasteiger charge is 2.18. The second kappa shape index (κ2) is 7.17. The molecule has 0 fully saturated rings. The lowest BCUT2D eigenvalue weighted by molar-refractivity contribution is -0.120. The number of amides is 1. The maximum Gasteiger partial charge on any atom is 0.227 e. The van der Waals surface area contributed by atoms with Crippen LogP contribution in [0.25, 0.3) is 0 Å². The summed E-state index contributed by atoms with van der Waals surface area (Å²) < 4.78 is 0. The number of hydrogen-bond donors (Lipinski definition) is 2. The summed E-state index contributed by atoms with van der Waals surface area (Å²) in [6, 6.07) is 3.84. The van der Waals surface area contributed by atoms with Crippen molar-refractivity contribution < 1.29 is 4.79 Å². The van der Waals surface area contributed by atoms with E-state index in [4.69, 9.17) is 5.73 Å². The van der Waals surface area contributed by atoms with E-state index in [-0.39, 0.29) is 11.8 Å². The van der Waals surface area contributed by atoms with Crippen molar-refractivity contribution in [3.8, 4) is 0 Å². The standard InChI is InChI=1S/C16H26N2O/c1-5-7-13(8-6-2)16(19)18-15-11(3)9-10-14(17)12(15)4/h9-10,13H,5-8,17H2,1-4H3,(H,18,19). The maximum atomic E-state index is 12.4. The third kappa shape index (κ3) is 3.98. The van der Waals surface area contributed by atoms with Gasteiger partial charge >= 0.3 is 0 Å². The van der Waals surface area contributed by atoms with Crippen LogP contribution >= 0.6 is 0 Å². The molecule has 1 aromatic rings. The Bertz CT molecular complexity index is 435. The molecule has 0 saturated heterocycles. The van der Waals surface area contributed by atoms with Crippen LogP contribution in [0.4, 0.5) is 11.4 Å². The van der Waals surface area contributed by atoms with Crippen LogP contribution in [0.1, 0.15) is 50.7 Å². The van der Waals surface area contributed by atoms with Gasteiger partial charge in [-0.1, -0.05) is 32.8 Å². The zero-order chi connectivity index (χ0) is 14.4. The predicted molar refractivity (Wildman–Crippen MR) is 82.3 cm³/mol. The van der Waals surface area contributed by atoms with Crippen molar-refractivity contribution in [1.29, 1.82) is 0 Å². The first-order valence-electron chi connectivity index (χ1n) is 7.17. The molecular weight excluding hydrogens is 236 g/mol. The van der Waals surface area contributed by atoms with Crippen LogP contribution in [0.3, 0.4) is 0 Å². The molecule has 0 unspecified atom stereocenters. The molecule has 1 amide bonds. The number of nitrogens with one attached hydrogen (secondary N) is 1. The number of carbonyl (C=O) groups excluding carboxylic acids is 1. The molecule has 0 atom stereocenters. The van der Waals surface area contributed by atoms with Gasteiger partial charge in [-0.3, -0.25) is 4.79 Å². The van der Waals surface area contributed by atoms with Gasteiger partial charge in [0.2, 0.25) is 5.91 Å². The molecule has 106 valence electrons. The van der Waals surface area contributed by atoms with Gasteiger partial charge in [0.05, 0.1) is 0 Å². The van der Waals surface area contributed by atoms with Crippen molar-refractivity contribution in [1.82, 2.24) is 0 Å². The van der Waals surface area contributed by atoms with Crippen molar-refractivity contribution in [2.75, 3.05) is 11.1 Å². The molecule has 0 spiro atoms. The molecule has 3 heteroatoms. The smallest absolute Gasteiger partial charge is 0.227 e. The van der Waals surface area contributed by atoms with Gasteiger partial charge in [0, 0.05) is 17.3 Å². The third-order valence-electron chi connectivity index (χ3n) is 3.61. The second-order valence-corrected chi connectivity index (χ2v) is 5.24. The molecule has 19 heavy (non-hydrogen) atoms. The summed E-state index contributed by atoms with van der Waals surface area (Å²) in [6.07, 6.45) is 3.96.